The van der Waals surface area contributed by atoms with Crippen molar-refractivity contribution in [1.29, 1.82) is 5.26 Å². The summed E-state index contributed by atoms with van der Waals surface area (Å²) in [5.41, 5.74) is 6.71. The van der Waals surface area contributed by atoms with Gasteiger partial charge in [0.1, 0.15) is 21.6 Å². The summed E-state index contributed by atoms with van der Waals surface area (Å²) in [5, 5.41) is 10.1. The number of anilines is 2. The molecule has 0 atom stereocenters. The van der Waals surface area contributed by atoms with Gasteiger partial charge in [-0.25, -0.2) is 0 Å². The second-order valence-electron chi connectivity index (χ2n) is 5.48. The molecule has 4 nitrogen and oxygen atoms in total. The van der Waals surface area contributed by atoms with Gasteiger partial charge in [-0.3, -0.25) is 0 Å². The molecule has 1 aromatic rings. The van der Waals surface area contributed by atoms with E-state index in [1.54, 1.807) is 7.11 Å². The van der Waals surface area contributed by atoms with Gasteiger partial charge in [0.15, 0.2) is 5.75 Å². The highest BCUT2D eigenvalue weighted by Gasteiger charge is 2.30. The third-order valence-electron chi connectivity index (χ3n) is 3.38. The summed E-state index contributed by atoms with van der Waals surface area (Å²) in [6.07, 6.45) is 2.40. The van der Waals surface area contributed by atoms with E-state index >= 15 is 0 Å². The Bertz CT molecular complexity index is 487. The predicted molar refractivity (Wildman–Crippen MR) is 75.2 cm³/mol. The molecule has 0 saturated carbocycles. The molecule has 0 aromatic carbocycles. The van der Waals surface area contributed by atoms with Crippen LogP contribution in [0.5, 0.6) is 5.75 Å². The number of nitriles is 1. The van der Waals surface area contributed by atoms with Crippen LogP contribution < -0.4 is 15.4 Å². The van der Waals surface area contributed by atoms with Crippen LogP contribution >= 0.6 is 11.3 Å². The minimum Gasteiger partial charge on any atom is -0.492 e. The van der Waals surface area contributed by atoms with Crippen LogP contribution in [0.15, 0.2) is 0 Å². The summed E-state index contributed by atoms with van der Waals surface area (Å²) in [6.45, 7) is 6.53. The number of hydrogen-bond donors (Lipinski definition) is 1. The Morgan fingerprint density at radius 1 is 1.50 bits per heavy atom. The fourth-order valence-electron chi connectivity index (χ4n) is 2.50. The molecule has 0 amide bonds. The van der Waals surface area contributed by atoms with E-state index in [0.717, 1.165) is 24.5 Å². The van der Waals surface area contributed by atoms with E-state index in [-0.39, 0.29) is 0 Å². The summed E-state index contributed by atoms with van der Waals surface area (Å²) in [7, 11) is 1.61. The summed E-state index contributed by atoms with van der Waals surface area (Å²) >= 11 is 1.43. The molecule has 1 aliphatic heterocycles. The Kier molecular flexibility index (Phi) is 3.40. The Morgan fingerprint density at radius 3 is 2.78 bits per heavy atom. The van der Waals surface area contributed by atoms with Crippen LogP contribution in [0.1, 0.15) is 31.6 Å². The Balaban J connectivity index is 2.36. The molecule has 2 rings (SSSR count). The van der Waals surface area contributed by atoms with E-state index in [1.165, 1.54) is 17.8 Å². The summed E-state index contributed by atoms with van der Waals surface area (Å²) in [4.78, 5) is 2.84. The second kappa shape index (κ2) is 4.69. The molecular formula is C13H19N3OS. The molecule has 0 spiro atoms. The van der Waals surface area contributed by atoms with Gasteiger partial charge in [0.2, 0.25) is 0 Å². The minimum absolute atomic E-state index is 0.300. The molecule has 18 heavy (non-hydrogen) atoms. The van der Waals surface area contributed by atoms with Crippen molar-refractivity contribution < 1.29 is 4.74 Å². The van der Waals surface area contributed by atoms with Crippen LogP contribution in [-0.2, 0) is 0 Å². The summed E-state index contributed by atoms with van der Waals surface area (Å²) in [5.74, 6) is 0.661. The van der Waals surface area contributed by atoms with Crippen molar-refractivity contribution in [1.82, 2.24) is 0 Å². The largest absolute Gasteiger partial charge is 0.492 e. The quantitative estimate of drug-likeness (QED) is 0.893. The molecule has 1 aromatic heterocycles. The molecule has 1 fully saturated rings. The fourth-order valence-corrected chi connectivity index (χ4v) is 3.51. The van der Waals surface area contributed by atoms with Gasteiger partial charge < -0.3 is 15.4 Å². The maximum atomic E-state index is 9.06. The molecule has 5 heteroatoms. The van der Waals surface area contributed by atoms with Crippen LogP contribution in [0, 0.1) is 16.7 Å². The molecule has 0 unspecified atom stereocenters. The van der Waals surface area contributed by atoms with Gasteiger partial charge >= 0.3 is 0 Å². The molecule has 2 N–H and O–H groups in total. The van der Waals surface area contributed by atoms with Crippen LogP contribution in [0.2, 0.25) is 0 Å². The summed E-state index contributed by atoms with van der Waals surface area (Å²) in [6, 6.07) is 2.14. The maximum absolute atomic E-state index is 9.06. The summed E-state index contributed by atoms with van der Waals surface area (Å²) < 4.78 is 5.37. The van der Waals surface area contributed by atoms with Gasteiger partial charge in [0, 0.05) is 13.1 Å². The van der Waals surface area contributed by atoms with E-state index in [1.807, 2.05) is 0 Å². The molecule has 1 saturated heterocycles. The third-order valence-corrected chi connectivity index (χ3v) is 4.53. The van der Waals surface area contributed by atoms with Crippen molar-refractivity contribution in [3.8, 4) is 11.8 Å². The standard InChI is InChI=1S/C13H19N3OS/c1-13(2)5-4-6-16(8-13)12-11(17-3)10(15)9(7-14)18-12/h4-6,8,15H2,1-3H3. The van der Waals surface area contributed by atoms with Crippen molar-refractivity contribution in [2.45, 2.75) is 26.7 Å². The first-order chi connectivity index (χ1) is 8.48. The number of piperidine rings is 1. The number of rotatable bonds is 2. The zero-order chi connectivity index (χ0) is 13.3. The molecule has 0 aliphatic carbocycles. The first-order valence-electron chi connectivity index (χ1n) is 6.10. The third kappa shape index (κ3) is 2.25. The monoisotopic (exact) mass is 265 g/mol. The molecular weight excluding hydrogens is 246 g/mol. The zero-order valence-corrected chi connectivity index (χ0v) is 11.9. The lowest BCUT2D eigenvalue weighted by atomic mass is 9.84. The number of methoxy groups -OCH3 is 1. The Morgan fingerprint density at radius 2 is 2.22 bits per heavy atom. The number of nitrogen functional groups attached to an aromatic ring is 1. The molecule has 1 aliphatic rings. The SMILES string of the molecule is COc1c(N2CCCC(C)(C)C2)sc(C#N)c1N. The lowest BCUT2D eigenvalue weighted by molar-refractivity contribution is 0.292. The van der Waals surface area contributed by atoms with Gasteiger partial charge in [-0.2, -0.15) is 5.26 Å². The number of nitrogens with two attached hydrogens (primary N) is 1. The normalized spacial score (nSPS) is 18.4. The van der Waals surface area contributed by atoms with Crippen LogP contribution in [0.25, 0.3) is 0 Å². The van der Waals surface area contributed by atoms with Gasteiger partial charge in [0.25, 0.3) is 0 Å². The molecule has 0 bridgehead atoms. The predicted octanol–water partition coefficient (Wildman–Crippen LogP) is 2.84. The molecule has 0 radical (unpaired) electrons. The lowest BCUT2D eigenvalue weighted by Crippen LogP contribution is -2.39. The Hall–Kier alpha value is -1.41. The second-order valence-corrected chi connectivity index (χ2v) is 6.48. The van der Waals surface area contributed by atoms with E-state index in [9.17, 15) is 0 Å². The Labute approximate surface area is 112 Å². The minimum atomic E-state index is 0.300. The smallest absolute Gasteiger partial charge is 0.177 e. The first kappa shape index (κ1) is 13.0. The van der Waals surface area contributed by atoms with Crippen molar-refractivity contribution in [2.75, 3.05) is 30.8 Å². The zero-order valence-electron chi connectivity index (χ0n) is 11.1. The van der Waals surface area contributed by atoms with Gasteiger partial charge in [-0.1, -0.05) is 13.8 Å². The van der Waals surface area contributed by atoms with Crippen LogP contribution in [-0.4, -0.2) is 20.2 Å². The number of hydrogen-bond acceptors (Lipinski definition) is 5. The maximum Gasteiger partial charge on any atom is 0.177 e. The van der Waals surface area contributed by atoms with Gasteiger partial charge in [0.05, 0.1) is 7.11 Å². The lowest BCUT2D eigenvalue weighted by Gasteiger charge is -2.38. The average Bonchev–Trinajstić information content (AvgIpc) is 2.64. The highest BCUT2D eigenvalue weighted by Crippen LogP contribution is 2.46. The molecule has 2 heterocycles. The van der Waals surface area contributed by atoms with Gasteiger partial charge in [-0.15, -0.1) is 11.3 Å². The van der Waals surface area contributed by atoms with Crippen molar-refractivity contribution in [2.24, 2.45) is 5.41 Å². The highest BCUT2D eigenvalue weighted by atomic mass is 32.1. The van der Waals surface area contributed by atoms with Crippen molar-refractivity contribution in [3.05, 3.63) is 4.88 Å². The number of thiophene rings is 1. The average molecular weight is 265 g/mol. The van der Waals surface area contributed by atoms with Crippen molar-refractivity contribution >= 4 is 22.0 Å². The van der Waals surface area contributed by atoms with E-state index in [2.05, 4.69) is 24.8 Å². The van der Waals surface area contributed by atoms with E-state index < -0.39 is 0 Å². The van der Waals surface area contributed by atoms with Crippen LogP contribution in [0.3, 0.4) is 0 Å². The topological polar surface area (TPSA) is 62.3 Å². The van der Waals surface area contributed by atoms with E-state index in [0.29, 0.717) is 21.7 Å². The first-order valence-corrected chi connectivity index (χ1v) is 6.91. The van der Waals surface area contributed by atoms with Crippen molar-refractivity contribution in [3.63, 3.8) is 0 Å². The fraction of sp³-hybridized carbons (Fsp3) is 0.615. The van der Waals surface area contributed by atoms with Crippen LogP contribution in [0.4, 0.5) is 10.7 Å². The molecule has 98 valence electrons. The highest BCUT2D eigenvalue weighted by molar-refractivity contribution is 7.17. The number of nitrogens with zero attached hydrogens (tertiary/aromatic N) is 2. The van der Waals surface area contributed by atoms with E-state index in [4.69, 9.17) is 15.7 Å². The van der Waals surface area contributed by atoms with Gasteiger partial charge in [-0.05, 0) is 18.3 Å². The number of ether oxygens (including phenoxy) is 1.